The largest absolute Gasteiger partial charge is 0.468 e. The molecule has 1 aliphatic carbocycles. The van der Waals surface area contributed by atoms with Crippen LogP contribution in [0.5, 0.6) is 0 Å². The lowest BCUT2D eigenvalue weighted by molar-refractivity contribution is -0.140. The van der Waals surface area contributed by atoms with Gasteiger partial charge in [-0.05, 0) is 30.9 Å². The number of fused-ring (bicyclic) bond motifs is 2. The average molecular weight is 288 g/mol. The number of nitrogens with zero attached hydrogens (tertiary/aromatic N) is 1. The van der Waals surface area contributed by atoms with E-state index in [4.69, 9.17) is 10.5 Å². The summed E-state index contributed by atoms with van der Waals surface area (Å²) in [6.07, 6.45) is 3.34. The molecule has 0 aromatic heterocycles. The van der Waals surface area contributed by atoms with Gasteiger partial charge in [0.2, 0.25) is 5.91 Å². The Morgan fingerprint density at radius 2 is 2.24 bits per heavy atom. The number of rotatable bonds is 2. The van der Waals surface area contributed by atoms with Crippen molar-refractivity contribution in [3.05, 3.63) is 29.8 Å². The maximum absolute atomic E-state index is 13.0. The van der Waals surface area contributed by atoms with E-state index in [1.165, 1.54) is 7.11 Å². The Bertz CT molecular complexity index is 587. The molecule has 112 valence electrons. The predicted molar refractivity (Wildman–Crippen MR) is 78.9 cm³/mol. The number of para-hydroxylation sites is 1. The highest BCUT2D eigenvalue weighted by Gasteiger charge is 2.52. The molecule has 2 atom stereocenters. The number of methoxy groups -OCH3 is 1. The predicted octanol–water partition coefficient (Wildman–Crippen LogP) is 1.35. The molecule has 3 rings (SSSR count). The van der Waals surface area contributed by atoms with Gasteiger partial charge in [0.05, 0.1) is 12.5 Å². The molecule has 0 saturated heterocycles. The van der Waals surface area contributed by atoms with Crippen LogP contribution < -0.4 is 10.6 Å². The van der Waals surface area contributed by atoms with Gasteiger partial charge in [0.25, 0.3) is 0 Å². The summed E-state index contributed by atoms with van der Waals surface area (Å²) in [7, 11) is 1.33. The van der Waals surface area contributed by atoms with Crippen LogP contribution in [0, 0.1) is 0 Å². The maximum atomic E-state index is 13.0. The molecule has 1 fully saturated rings. The van der Waals surface area contributed by atoms with E-state index in [0.717, 1.165) is 30.5 Å². The smallest absolute Gasteiger partial charge is 0.325 e. The molecular formula is C16H20N2O3. The minimum Gasteiger partial charge on any atom is -0.468 e. The van der Waals surface area contributed by atoms with Gasteiger partial charge in [-0.2, -0.15) is 0 Å². The fraction of sp³-hybridized carbons (Fsp3) is 0.500. The van der Waals surface area contributed by atoms with Crippen LogP contribution in [0.4, 0.5) is 5.69 Å². The molecule has 1 saturated carbocycles. The second-order valence-electron chi connectivity index (χ2n) is 5.92. The molecule has 2 aliphatic rings. The number of esters is 1. The third-order valence-electron chi connectivity index (χ3n) is 4.67. The first kappa shape index (κ1) is 14.1. The molecule has 2 N–H and O–H groups in total. The summed E-state index contributed by atoms with van der Waals surface area (Å²) in [6.45, 7) is -0.0384. The normalized spacial score (nSPS) is 27.8. The first-order valence-electron chi connectivity index (χ1n) is 7.32. The van der Waals surface area contributed by atoms with Crippen molar-refractivity contribution in [1.82, 2.24) is 0 Å². The fourth-order valence-electron chi connectivity index (χ4n) is 3.70. The van der Waals surface area contributed by atoms with Crippen LogP contribution in [0.3, 0.4) is 0 Å². The molecule has 2 unspecified atom stereocenters. The molecular weight excluding hydrogens is 268 g/mol. The molecule has 21 heavy (non-hydrogen) atoms. The molecule has 5 nitrogen and oxygen atoms in total. The van der Waals surface area contributed by atoms with Crippen LogP contribution in [-0.2, 0) is 19.7 Å². The van der Waals surface area contributed by atoms with Crippen molar-refractivity contribution in [3.63, 3.8) is 0 Å². The summed E-state index contributed by atoms with van der Waals surface area (Å²) in [6, 6.07) is 7.75. The van der Waals surface area contributed by atoms with Crippen LogP contribution >= 0.6 is 0 Å². The van der Waals surface area contributed by atoms with Gasteiger partial charge >= 0.3 is 5.97 Å². The Morgan fingerprint density at radius 3 is 2.95 bits per heavy atom. The van der Waals surface area contributed by atoms with Crippen molar-refractivity contribution in [2.24, 2.45) is 5.73 Å². The monoisotopic (exact) mass is 288 g/mol. The van der Waals surface area contributed by atoms with Crippen molar-refractivity contribution < 1.29 is 14.3 Å². The van der Waals surface area contributed by atoms with Gasteiger partial charge in [-0.3, -0.25) is 9.59 Å². The number of benzene rings is 1. The number of amides is 1. The third-order valence-corrected chi connectivity index (χ3v) is 4.67. The summed E-state index contributed by atoms with van der Waals surface area (Å²) >= 11 is 0. The van der Waals surface area contributed by atoms with Crippen molar-refractivity contribution in [3.8, 4) is 0 Å². The highest BCUT2D eigenvalue weighted by Crippen LogP contribution is 2.49. The summed E-state index contributed by atoms with van der Waals surface area (Å²) in [4.78, 5) is 26.2. The van der Waals surface area contributed by atoms with Crippen LogP contribution in [0.1, 0.15) is 31.2 Å². The van der Waals surface area contributed by atoms with Crippen molar-refractivity contribution in [2.75, 3.05) is 18.6 Å². The van der Waals surface area contributed by atoms with Crippen molar-refractivity contribution in [1.29, 1.82) is 0 Å². The summed E-state index contributed by atoms with van der Waals surface area (Å²) in [5.41, 5.74) is 7.40. The van der Waals surface area contributed by atoms with E-state index in [1.807, 2.05) is 24.3 Å². The van der Waals surface area contributed by atoms with E-state index >= 15 is 0 Å². The van der Waals surface area contributed by atoms with Gasteiger partial charge in [0.1, 0.15) is 6.54 Å². The molecule has 1 aromatic rings. The number of carbonyl (C=O) groups is 2. The van der Waals surface area contributed by atoms with Gasteiger partial charge in [0.15, 0.2) is 0 Å². The van der Waals surface area contributed by atoms with Crippen LogP contribution in [0.25, 0.3) is 0 Å². The molecule has 1 heterocycles. The number of hydrogen-bond acceptors (Lipinski definition) is 4. The van der Waals surface area contributed by atoms with Gasteiger partial charge in [-0.15, -0.1) is 0 Å². The Balaban J connectivity index is 2.04. The number of hydrogen-bond donors (Lipinski definition) is 1. The Morgan fingerprint density at radius 1 is 1.48 bits per heavy atom. The Labute approximate surface area is 124 Å². The summed E-state index contributed by atoms with van der Waals surface area (Å²) in [5.74, 6) is -0.417. The summed E-state index contributed by atoms with van der Waals surface area (Å²) in [5, 5.41) is 0. The van der Waals surface area contributed by atoms with E-state index in [1.54, 1.807) is 4.90 Å². The highest BCUT2D eigenvalue weighted by molar-refractivity contribution is 6.10. The zero-order valence-corrected chi connectivity index (χ0v) is 12.2. The lowest BCUT2D eigenvalue weighted by Crippen LogP contribution is -2.47. The minimum absolute atomic E-state index is 0.00995. The topological polar surface area (TPSA) is 72.6 Å². The average Bonchev–Trinajstić information content (AvgIpc) is 2.70. The Kier molecular flexibility index (Phi) is 3.45. The lowest BCUT2D eigenvalue weighted by atomic mass is 9.68. The quantitative estimate of drug-likeness (QED) is 0.834. The van der Waals surface area contributed by atoms with Gasteiger partial charge in [-0.1, -0.05) is 24.6 Å². The van der Waals surface area contributed by atoms with E-state index in [0.29, 0.717) is 6.42 Å². The molecule has 1 aromatic carbocycles. The second-order valence-corrected chi connectivity index (χ2v) is 5.92. The van der Waals surface area contributed by atoms with Crippen molar-refractivity contribution >= 4 is 17.6 Å². The first-order chi connectivity index (χ1) is 10.1. The van der Waals surface area contributed by atoms with Gasteiger partial charge < -0.3 is 15.4 Å². The van der Waals surface area contributed by atoms with Crippen LogP contribution in [0.15, 0.2) is 24.3 Å². The molecule has 1 spiro atoms. The SMILES string of the molecule is COC(=O)CN1C(=O)C2(CCCC(N)C2)c2ccccc21. The summed E-state index contributed by atoms with van der Waals surface area (Å²) < 4.78 is 4.71. The van der Waals surface area contributed by atoms with Crippen LogP contribution in [-0.4, -0.2) is 31.6 Å². The molecule has 1 aliphatic heterocycles. The first-order valence-corrected chi connectivity index (χ1v) is 7.32. The van der Waals surface area contributed by atoms with E-state index in [-0.39, 0.29) is 18.5 Å². The third kappa shape index (κ3) is 2.12. The standard InChI is InChI=1S/C16H20N2O3/c1-21-14(19)10-18-13-7-3-2-6-12(13)16(15(18)20)8-4-5-11(17)9-16/h2-3,6-7,11H,4-5,8-10,17H2,1H3. The zero-order valence-electron chi connectivity index (χ0n) is 12.2. The van der Waals surface area contributed by atoms with E-state index < -0.39 is 11.4 Å². The highest BCUT2D eigenvalue weighted by atomic mass is 16.5. The van der Waals surface area contributed by atoms with Gasteiger partial charge in [-0.25, -0.2) is 0 Å². The molecule has 0 bridgehead atoms. The maximum Gasteiger partial charge on any atom is 0.325 e. The van der Waals surface area contributed by atoms with E-state index in [2.05, 4.69) is 0 Å². The number of ether oxygens (including phenoxy) is 1. The number of carbonyl (C=O) groups excluding carboxylic acids is 2. The minimum atomic E-state index is -0.553. The van der Waals surface area contributed by atoms with E-state index in [9.17, 15) is 9.59 Å². The molecule has 0 radical (unpaired) electrons. The van der Waals surface area contributed by atoms with Crippen LogP contribution in [0.2, 0.25) is 0 Å². The molecule has 5 heteroatoms. The van der Waals surface area contributed by atoms with Crippen molar-refractivity contribution in [2.45, 2.75) is 37.1 Å². The van der Waals surface area contributed by atoms with Gasteiger partial charge in [0, 0.05) is 11.7 Å². The molecule has 1 amide bonds. The second kappa shape index (κ2) is 5.15. The number of anilines is 1. The lowest BCUT2D eigenvalue weighted by Gasteiger charge is -2.35. The number of nitrogens with two attached hydrogens (primary N) is 1. The zero-order chi connectivity index (χ0) is 15.0. The fourth-order valence-corrected chi connectivity index (χ4v) is 3.70. The Hall–Kier alpha value is -1.88.